The first kappa shape index (κ1) is 51.7. The molecule has 0 amide bonds. The zero-order valence-corrected chi connectivity index (χ0v) is 39.3. The maximum Gasteiger partial charge on any atom is 0.339 e. The SMILES string of the molecule is C#Cc1ccc(C(=O)OCc2cc(OCCCCCCCCCCCC)c(OCCCCCCCCCCCC)c(OCCCCCCCCCCCC)c2)c2ccccc12. The topological polar surface area (TPSA) is 54.0 Å². The summed E-state index contributed by atoms with van der Waals surface area (Å²) in [7, 11) is 0. The van der Waals surface area contributed by atoms with Crippen LogP contribution in [-0.4, -0.2) is 25.8 Å². The number of fused-ring (bicyclic) bond motifs is 1. The van der Waals surface area contributed by atoms with Gasteiger partial charge >= 0.3 is 5.97 Å². The second-order valence-corrected chi connectivity index (χ2v) is 17.4. The molecule has 0 atom stereocenters. The highest BCUT2D eigenvalue weighted by atomic mass is 16.5. The molecule has 0 heterocycles. The van der Waals surface area contributed by atoms with Crippen LogP contribution < -0.4 is 14.2 Å². The summed E-state index contributed by atoms with van der Waals surface area (Å²) in [6.45, 7) is 8.76. The van der Waals surface area contributed by atoms with Crippen LogP contribution >= 0.6 is 0 Å². The highest BCUT2D eigenvalue weighted by Gasteiger charge is 2.19. The molecule has 340 valence electrons. The van der Waals surface area contributed by atoms with Crippen molar-refractivity contribution >= 4 is 16.7 Å². The predicted molar refractivity (Wildman–Crippen MR) is 259 cm³/mol. The number of carbonyl (C=O) groups excluding carboxylic acids is 1. The van der Waals surface area contributed by atoms with Gasteiger partial charge in [0, 0.05) is 5.56 Å². The molecule has 0 radical (unpaired) electrons. The maximum absolute atomic E-state index is 13.6. The fraction of sp³-hybridized carbons (Fsp3) is 0.661. The largest absolute Gasteiger partial charge is 0.490 e. The van der Waals surface area contributed by atoms with Crippen LogP contribution in [0, 0.1) is 12.3 Å². The summed E-state index contributed by atoms with van der Waals surface area (Å²) in [6, 6.07) is 15.3. The van der Waals surface area contributed by atoms with Gasteiger partial charge in [0.25, 0.3) is 0 Å². The van der Waals surface area contributed by atoms with Crippen LogP contribution in [0.2, 0.25) is 0 Å². The van der Waals surface area contributed by atoms with Crippen LogP contribution in [0.25, 0.3) is 10.8 Å². The summed E-state index contributed by atoms with van der Waals surface area (Å²) in [5, 5.41) is 1.66. The van der Waals surface area contributed by atoms with E-state index in [1.165, 1.54) is 154 Å². The lowest BCUT2D eigenvalue weighted by molar-refractivity contribution is 0.0474. The number of rotatable bonds is 39. The second-order valence-electron chi connectivity index (χ2n) is 17.4. The Bertz CT molecular complexity index is 1560. The van der Waals surface area contributed by atoms with Crippen molar-refractivity contribution in [1.29, 1.82) is 0 Å². The summed E-state index contributed by atoms with van der Waals surface area (Å²) < 4.78 is 25.7. The first-order valence-corrected chi connectivity index (χ1v) is 25.3. The molecular formula is C56H86O5. The van der Waals surface area contributed by atoms with Gasteiger partial charge in [0.05, 0.1) is 25.4 Å². The van der Waals surface area contributed by atoms with Crippen molar-refractivity contribution in [2.75, 3.05) is 19.8 Å². The summed E-state index contributed by atoms with van der Waals surface area (Å²) in [4.78, 5) is 13.6. The average Bonchev–Trinajstić information content (AvgIpc) is 3.28. The second kappa shape index (κ2) is 34.9. The lowest BCUT2D eigenvalue weighted by Crippen LogP contribution is -2.09. The van der Waals surface area contributed by atoms with Crippen LogP contribution in [0.3, 0.4) is 0 Å². The third-order valence-corrected chi connectivity index (χ3v) is 12.0. The van der Waals surface area contributed by atoms with Gasteiger partial charge in [0.1, 0.15) is 6.61 Å². The van der Waals surface area contributed by atoms with Crippen LogP contribution in [0.4, 0.5) is 0 Å². The number of carbonyl (C=O) groups is 1. The molecule has 0 unspecified atom stereocenters. The van der Waals surface area contributed by atoms with E-state index in [1.807, 2.05) is 42.5 Å². The number of ether oxygens (including phenoxy) is 4. The van der Waals surface area contributed by atoms with E-state index in [1.54, 1.807) is 6.07 Å². The Kier molecular flexibility index (Phi) is 29.6. The maximum atomic E-state index is 13.6. The highest BCUT2D eigenvalue weighted by Crippen LogP contribution is 2.40. The Morgan fingerprint density at radius 1 is 0.475 bits per heavy atom. The minimum Gasteiger partial charge on any atom is -0.490 e. The van der Waals surface area contributed by atoms with Crippen LogP contribution in [0.1, 0.15) is 235 Å². The number of hydrogen-bond acceptors (Lipinski definition) is 5. The normalized spacial score (nSPS) is 11.2. The van der Waals surface area contributed by atoms with E-state index in [2.05, 4.69) is 26.7 Å². The number of terminal acetylenes is 1. The summed E-state index contributed by atoms with van der Waals surface area (Å²) in [5.74, 6) is 4.39. The smallest absolute Gasteiger partial charge is 0.339 e. The molecule has 3 aromatic carbocycles. The molecule has 0 aromatic heterocycles. The van der Waals surface area contributed by atoms with Gasteiger partial charge in [-0.05, 0) is 59.9 Å². The monoisotopic (exact) mass is 839 g/mol. The Balaban J connectivity index is 1.69. The van der Waals surface area contributed by atoms with Crippen molar-refractivity contribution in [3.8, 4) is 29.6 Å². The number of benzene rings is 3. The van der Waals surface area contributed by atoms with E-state index >= 15 is 0 Å². The van der Waals surface area contributed by atoms with Gasteiger partial charge in [-0.1, -0.05) is 224 Å². The van der Waals surface area contributed by atoms with Crippen molar-refractivity contribution in [3.63, 3.8) is 0 Å². The number of hydrogen-bond donors (Lipinski definition) is 0. The van der Waals surface area contributed by atoms with Gasteiger partial charge in [0.2, 0.25) is 5.75 Å². The standard InChI is InChI=1S/C56H86O5/c1-5-9-12-15-18-21-24-27-30-35-42-58-53-45-48(47-61-56(57)52-41-40-49(8-4)50-38-33-34-39-51(50)52)46-54(59-43-36-31-28-25-22-19-16-13-10-6-2)55(53)60-44-37-32-29-26-23-20-17-14-11-7-3/h4,33-34,38-41,45-46H,5-7,9-32,35-37,42-44,47H2,1-3H3. The van der Waals surface area contributed by atoms with E-state index in [4.69, 9.17) is 25.4 Å². The molecule has 0 N–H and O–H groups in total. The molecule has 61 heavy (non-hydrogen) atoms. The first-order chi connectivity index (χ1) is 30.1. The van der Waals surface area contributed by atoms with E-state index in [9.17, 15) is 4.79 Å². The molecular weight excluding hydrogens is 753 g/mol. The zero-order valence-electron chi connectivity index (χ0n) is 39.3. The fourth-order valence-corrected chi connectivity index (χ4v) is 8.21. The third-order valence-electron chi connectivity index (χ3n) is 12.0. The fourth-order valence-electron chi connectivity index (χ4n) is 8.21. The van der Waals surface area contributed by atoms with Crippen LogP contribution in [0.5, 0.6) is 17.2 Å². The Hall–Kier alpha value is -3.65. The Morgan fingerprint density at radius 3 is 1.26 bits per heavy atom. The molecule has 0 fully saturated rings. The minimum absolute atomic E-state index is 0.0893. The van der Waals surface area contributed by atoms with Gasteiger partial charge in [-0.3, -0.25) is 0 Å². The van der Waals surface area contributed by atoms with E-state index < -0.39 is 0 Å². The molecule has 0 saturated carbocycles. The molecule has 3 aromatic rings. The van der Waals surface area contributed by atoms with Crippen molar-refractivity contribution < 1.29 is 23.7 Å². The lowest BCUT2D eigenvalue weighted by atomic mass is 10.00. The van der Waals surface area contributed by atoms with Crippen LogP contribution in [-0.2, 0) is 11.3 Å². The van der Waals surface area contributed by atoms with Crippen LogP contribution in [0.15, 0.2) is 48.5 Å². The third kappa shape index (κ3) is 22.3. The van der Waals surface area contributed by atoms with Gasteiger partial charge < -0.3 is 18.9 Å². The summed E-state index contributed by atoms with van der Waals surface area (Å²) in [6.07, 6.45) is 44.0. The van der Waals surface area contributed by atoms with E-state index in [-0.39, 0.29) is 12.6 Å². The lowest BCUT2D eigenvalue weighted by Gasteiger charge is -2.19. The Labute approximate surface area is 373 Å². The molecule has 0 bridgehead atoms. The van der Waals surface area contributed by atoms with Crippen molar-refractivity contribution in [2.24, 2.45) is 0 Å². The molecule has 5 heteroatoms. The molecule has 3 rings (SSSR count). The first-order valence-electron chi connectivity index (χ1n) is 25.3. The van der Waals surface area contributed by atoms with Gasteiger partial charge in [-0.2, -0.15) is 0 Å². The molecule has 0 spiro atoms. The van der Waals surface area contributed by atoms with E-state index in [0.29, 0.717) is 42.6 Å². The summed E-state index contributed by atoms with van der Waals surface area (Å²) >= 11 is 0. The van der Waals surface area contributed by atoms with Gasteiger partial charge in [0.15, 0.2) is 11.5 Å². The summed E-state index contributed by atoms with van der Waals surface area (Å²) in [5.41, 5.74) is 2.08. The molecule has 0 aliphatic carbocycles. The van der Waals surface area contributed by atoms with Crippen molar-refractivity contribution in [3.05, 3.63) is 65.2 Å². The average molecular weight is 839 g/mol. The van der Waals surface area contributed by atoms with Crippen molar-refractivity contribution in [2.45, 2.75) is 220 Å². The molecule has 0 aliphatic rings. The predicted octanol–water partition coefficient (Wildman–Crippen LogP) is 17.1. The molecule has 0 aliphatic heterocycles. The quantitative estimate of drug-likeness (QED) is 0.0325. The van der Waals surface area contributed by atoms with Crippen molar-refractivity contribution in [1.82, 2.24) is 0 Å². The van der Waals surface area contributed by atoms with Gasteiger partial charge in [-0.15, -0.1) is 6.42 Å². The number of esters is 1. The number of unbranched alkanes of at least 4 members (excludes halogenated alkanes) is 27. The molecule has 5 nitrogen and oxygen atoms in total. The minimum atomic E-state index is -0.387. The van der Waals surface area contributed by atoms with Gasteiger partial charge in [-0.25, -0.2) is 4.79 Å². The molecule has 0 saturated heterocycles. The Morgan fingerprint density at radius 2 is 0.852 bits per heavy atom. The zero-order chi connectivity index (χ0) is 43.4. The van der Waals surface area contributed by atoms with E-state index in [0.717, 1.165) is 60.4 Å². The highest BCUT2D eigenvalue weighted by molar-refractivity contribution is 6.06.